The van der Waals surface area contributed by atoms with Gasteiger partial charge in [-0.15, -0.1) is 0 Å². The Morgan fingerprint density at radius 3 is 2.86 bits per heavy atom. The van der Waals surface area contributed by atoms with Crippen molar-refractivity contribution in [3.05, 3.63) is 29.8 Å². The largest absolute Gasteiger partial charge is 0.469 e. The van der Waals surface area contributed by atoms with Crippen LogP contribution in [0.1, 0.15) is 18.4 Å². The molecule has 0 saturated carbocycles. The normalized spacial score (nSPS) is 10.6. The first-order chi connectivity index (χ1) is 9.99. The Morgan fingerprint density at radius 2 is 2.19 bits per heavy atom. The topological polar surface area (TPSA) is 92.7 Å². The van der Waals surface area contributed by atoms with Crippen LogP contribution in [0.2, 0.25) is 0 Å². The number of carbonyl (C=O) groups is 1. The van der Waals surface area contributed by atoms with E-state index in [9.17, 15) is 13.2 Å². The van der Waals surface area contributed by atoms with Crippen LogP contribution in [0, 0.1) is 11.8 Å². The predicted molar refractivity (Wildman–Crippen MR) is 76.8 cm³/mol. The molecule has 1 aromatic carbocycles. The van der Waals surface area contributed by atoms with Gasteiger partial charge in [0.05, 0.1) is 25.0 Å². The van der Waals surface area contributed by atoms with E-state index in [1.165, 1.54) is 19.2 Å². The van der Waals surface area contributed by atoms with Gasteiger partial charge < -0.3 is 9.84 Å². The van der Waals surface area contributed by atoms with Gasteiger partial charge >= 0.3 is 5.97 Å². The van der Waals surface area contributed by atoms with Crippen LogP contribution in [-0.2, 0) is 19.6 Å². The third kappa shape index (κ3) is 5.95. The maximum Gasteiger partial charge on any atom is 0.306 e. The lowest BCUT2D eigenvalue weighted by molar-refractivity contribution is -0.140. The summed E-state index contributed by atoms with van der Waals surface area (Å²) in [5.74, 6) is 5.00. The summed E-state index contributed by atoms with van der Waals surface area (Å²) in [5, 5.41) is 8.64. The number of benzene rings is 1. The molecule has 0 unspecified atom stereocenters. The van der Waals surface area contributed by atoms with E-state index in [-0.39, 0.29) is 24.5 Å². The second kappa shape index (κ2) is 8.42. The highest BCUT2D eigenvalue weighted by molar-refractivity contribution is 7.89. The molecule has 0 aliphatic carbocycles. The van der Waals surface area contributed by atoms with Crippen molar-refractivity contribution in [2.45, 2.75) is 17.7 Å². The van der Waals surface area contributed by atoms with Crippen LogP contribution in [0.5, 0.6) is 0 Å². The second-order valence-corrected chi connectivity index (χ2v) is 5.79. The molecule has 0 amide bonds. The number of nitrogens with one attached hydrogen (secondary N) is 1. The van der Waals surface area contributed by atoms with Crippen LogP contribution in [0.25, 0.3) is 0 Å². The smallest absolute Gasteiger partial charge is 0.306 e. The minimum absolute atomic E-state index is 0.0323. The lowest BCUT2D eigenvalue weighted by Gasteiger charge is -2.06. The number of ether oxygens (including phenoxy) is 1. The second-order valence-electron chi connectivity index (χ2n) is 4.03. The number of aliphatic hydroxyl groups is 1. The summed E-state index contributed by atoms with van der Waals surface area (Å²) in [4.78, 5) is 11.0. The van der Waals surface area contributed by atoms with Crippen molar-refractivity contribution >= 4 is 16.0 Å². The molecule has 0 aliphatic heterocycles. The molecule has 0 fully saturated rings. The zero-order valence-corrected chi connectivity index (χ0v) is 12.4. The van der Waals surface area contributed by atoms with E-state index in [0.29, 0.717) is 12.0 Å². The summed E-state index contributed by atoms with van der Waals surface area (Å²) in [7, 11) is -2.45. The first-order valence-corrected chi connectivity index (χ1v) is 7.74. The Bertz CT molecular complexity index is 643. The SMILES string of the molecule is COC(=O)CCNS(=O)(=O)c1cccc(C#CCCO)c1. The monoisotopic (exact) mass is 311 g/mol. The van der Waals surface area contributed by atoms with E-state index in [1.807, 2.05) is 0 Å². The van der Waals surface area contributed by atoms with E-state index in [0.717, 1.165) is 0 Å². The lowest BCUT2D eigenvalue weighted by Crippen LogP contribution is -2.26. The van der Waals surface area contributed by atoms with Crippen LogP contribution < -0.4 is 4.72 Å². The third-order valence-electron chi connectivity index (χ3n) is 2.46. The van der Waals surface area contributed by atoms with E-state index >= 15 is 0 Å². The van der Waals surface area contributed by atoms with E-state index in [1.54, 1.807) is 12.1 Å². The molecule has 0 bridgehead atoms. The van der Waals surface area contributed by atoms with Gasteiger partial charge in [0, 0.05) is 18.5 Å². The molecule has 1 rings (SSSR count). The number of hydrogen-bond acceptors (Lipinski definition) is 5. The number of rotatable bonds is 6. The fourth-order valence-corrected chi connectivity index (χ4v) is 2.51. The van der Waals surface area contributed by atoms with Gasteiger partial charge in [0.15, 0.2) is 0 Å². The van der Waals surface area contributed by atoms with E-state index in [4.69, 9.17) is 5.11 Å². The van der Waals surface area contributed by atoms with Gasteiger partial charge in [0.1, 0.15) is 0 Å². The maximum atomic E-state index is 12.0. The van der Waals surface area contributed by atoms with Crippen LogP contribution in [-0.4, -0.2) is 39.8 Å². The van der Waals surface area contributed by atoms with Crippen molar-refractivity contribution in [3.8, 4) is 11.8 Å². The standard InChI is InChI=1S/C14H17NO5S/c1-20-14(17)8-9-15-21(18,19)13-7-4-6-12(11-13)5-2-3-10-16/h4,6-7,11,15-16H,3,8-10H2,1H3. The molecule has 0 aromatic heterocycles. The molecule has 0 spiro atoms. The molecule has 7 heteroatoms. The Balaban J connectivity index is 2.77. The fourth-order valence-electron chi connectivity index (χ4n) is 1.43. The predicted octanol–water partition coefficient (Wildman–Crippen LogP) is 0.262. The molecule has 0 heterocycles. The van der Waals surface area contributed by atoms with Gasteiger partial charge in [-0.3, -0.25) is 4.79 Å². The maximum absolute atomic E-state index is 12.0. The van der Waals surface area contributed by atoms with Crippen molar-refractivity contribution < 1.29 is 23.1 Å². The van der Waals surface area contributed by atoms with Gasteiger partial charge in [-0.1, -0.05) is 17.9 Å². The lowest BCUT2D eigenvalue weighted by atomic mass is 10.2. The first-order valence-electron chi connectivity index (χ1n) is 6.26. The number of esters is 1. The fraction of sp³-hybridized carbons (Fsp3) is 0.357. The summed E-state index contributed by atoms with van der Waals surface area (Å²) in [6.07, 6.45) is 0.292. The zero-order chi connectivity index (χ0) is 15.7. The highest BCUT2D eigenvalue weighted by Crippen LogP contribution is 2.10. The molecule has 2 N–H and O–H groups in total. The van der Waals surface area contributed by atoms with Gasteiger partial charge in [-0.25, -0.2) is 13.1 Å². The summed E-state index contributed by atoms with van der Waals surface area (Å²) < 4.78 is 30.8. The molecule has 6 nitrogen and oxygen atoms in total. The minimum atomic E-state index is -3.69. The molecular weight excluding hydrogens is 294 g/mol. The molecule has 0 radical (unpaired) electrons. The van der Waals surface area contributed by atoms with Crippen LogP contribution in [0.3, 0.4) is 0 Å². The summed E-state index contributed by atoms with van der Waals surface area (Å²) in [6, 6.07) is 6.14. The molecule has 0 atom stereocenters. The van der Waals surface area contributed by atoms with Crippen molar-refractivity contribution in [3.63, 3.8) is 0 Å². The number of aliphatic hydroxyl groups excluding tert-OH is 1. The highest BCUT2D eigenvalue weighted by atomic mass is 32.2. The Labute approximate surface area is 124 Å². The summed E-state index contributed by atoms with van der Waals surface area (Å²) in [6.45, 7) is -0.0739. The molecule has 0 saturated heterocycles. The summed E-state index contributed by atoms with van der Waals surface area (Å²) in [5.41, 5.74) is 0.541. The summed E-state index contributed by atoms with van der Waals surface area (Å²) >= 11 is 0. The minimum Gasteiger partial charge on any atom is -0.469 e. The quantitative estimate of drug-likeness (QED) is 0.581. The van der Waals surface area contributed by atoms with Crippen molar-refractivity contribution in [2.24, 2.45) is 0 Å². The molecule has 21 heavy (non-hydrogen) atoms. The van der Waals surface area contributed by atoms with E-state index in [2.05, 4.69) is 21.3 Å². The average Bonchev–Trinajstić information content (AvgIpc) is 2.47. The van der Waals surface area contributed by atoms with Gasteiger partial charge in [-0.2, -0.15) is 0 Å². The highest BCUT2D eigenvalue weighted by Gasteiger charge is 2.14. The molecule has 0 aliphatic rings. The molecule has 114 valence electrons. The van der Waals surface area contributed by atoms with Gasteiger partial charge in [0.2, 0.25) is 10.0 Å². The first kappa shape index (κ1) is 17.2. The average molecular weight is 311 g/mol. The number of methoxy groups -OCH3 is 1. The number of hydrogen-bond donors (Lipinski definition) is 2. The Hall–Kier alpha value is -1.88. The van der Waals surface area contributed by atoms with Crippen molar-refractivity contribution in [2.75, 3.05) is 20.3 Å². The number of sulfonamides is 1. The van der Waals surface area contributed by atoms with Gasteiger partial charge in [-0.05, 0) is 18.2 Å². The number of carbonyl (C=O) groups excluding carboxylic acids is 1. The van der Waals surface area contributed by atoms with Crippen LogP contribution in [0.15, 0.2) is 29.2 Å². The Kier molecular flexibility index (Phi) is 6.88. The molecule has 1 aromatic rings. The van der Waals surface area contributed by atoms with Crippen molar-refractivity contribution in [1.29, 1.82) is 0 Å². The van der Waals surface area contributed by atoms with E-state index < -0.39 is 16.0 Å². The van der Waals surface area contributed by atoms with Crippen LogP contribution in [0.4, 0.5) is 0 Å². The Morgan fingerprint density at radius 1 is 1.43 bits per heavy atom. The van der Waals surface area contributed by atoms with Crippen molar-refractivity contribution in [1.82, 2.24) is 4.72 Å². The third-order valence-corrected chi connectivity index (χ3v) is 3.92. The zero-order valence-electron chi connectivity index (χ0n) is 11.6. The molecular formula is C14H17NO5S. The van der Waals surface area contributed by atoms with Crippen LogP contribution >= 0.6 is 0 Å². The van der Waals surface area contributed by atoms with Gasteiger partial charge in [0.25, 0.3) is 0 Å².